The highest BCUT2D eigenvalue weighted by Gasteiger charge is 2.35. The van der Waals surface area contributed by atoms with Gasteiger partial charge in [0.05, 0.1) is 23.5 Å². The zero-order chi connectivity index (χ0) is 24.5. The molecule has 2 aromatic carbocycles. The molecule has 0 aliphatic rings. The standard InChI is InChI=1S/C23H15ClF3N3O4/c1-33-22(32)18-10-11-20(34-18)28-21(31)14-8-6-13(7-9-14)17-12-19(23(25,26)27)29-30(17)16-5-3-2-4-15(16)24/h2-12H,1H3,(H,28,31). The number of aromatic nitrogens is 2. The van der Waals surface area contributed by atoms with E-state index in [2.05, 4.69) is 15.2 Å². The number of nitrogens with one attached hydrogen (secondary N) is 1. The van der Waals surface area contributed by atoms with Gasteiger partial charge in [-0.05, 0) is 36.4 Å². The number of esters is 1. The van der Waals surface area contributed by atoms with Crippen LogP contribution in [0.15, 0.2) is 71.1 Å². The Hall–Kier alpha value is -4.05. The minimum Gasteiger partial charge on any atom is -0.463 e. The number of alkyl halides is 3. The van der Waals surface area contributed by atoms with E-state index in [0.29, 0.717) is 5.56 Å². The second-order valence-corrected chi connectivity index (χ2v) is 7.37. The molecule has 7 nitrogen and oxygen atoms in total. The minimum absolute atomic E-state index is 0.0288. The fourth-order valence-corrected chi connectivity index (χ4v) is 3.34. The SMILES string of the molecule is COC(=O)c1ccc(NC(=O)c2ccc(-c3cc(C(F)(F)F)nn3-c3ccccc3Cl)cc2)o1. The fraction of sp³-hybridized carbons (Fsp3) is 0.0870. The Balaban J connectivity index is 1.63. The molecule has 34 heavy (non-hydrogen) atoms. The summed E-state index contributed by atoms with van der Waals surface area (Å²) in [5, 5.41) is 6.42. The van der Waals surface area contributed by atoms with E-state index < -0.39 is 23.7 Å². The molecule has 0 saturated heterocycles. The van der Waals surface area contributed by atoms with E-state index in [-0.39, 0.29) is 33.6 Å². The van der Waals surface area contributed by atoms with E-state index in [1.165, 1.54) is 43.5 Å². The number of para-hydroxylation sites is 1. The summed E-state index contributed by atoms with van der Waals surface area (Å²) in [5.41, 5.74) is -0.0783. The van der Waals surface area contributed by atoms with Gasteiger partial charge in [-0.1, -0.05) is 35.9 Å². The lowest BCUT2D eigenvalue weighted by atomic mass is 10.1. The number of carbonyl (C=O) groups is 2. The summed E-state index contributed by atoms with van der Waals surface area (Å²) in [5.74, 6) is -1.30. The van der Waals surface area contributed by atoms with Crippen molar-refractivity contribution in [2.24, 2.45) is 0 Å². The summed E-state index contributed by atoms with van der Waals surface area (Å²) in [6.07, 6.45) is -4.66. The molecule has 0 aliphatic carbocycles. The first kappa shape index (κ1) is 23.1. The van der Waals surface area contributed by atoms with Crippen molar-refractivity contribution in [3.63, 3.8) is 0 Å². The molecule has 0 saturated carbocycles. The highest BCUT2D eigenvalue weighted by atomic mass is 35.5. The molecule has 11 heteroatoms. The van der Waals surface area contributed by atoms with Gasteiger partial charge in [-0.2, -0.15) is 18.3 Å². The lowest BCUT2D eigenvalue weighted by molar-refractivity contribution is -0.141. The number of carbonyl (C=O) groups excluding carboxylic acids is 2. The van der Waals surface area contributed by atoms with Crippen LogP contribution in [0.3, 0.4) is 0 Å². The molecule has 1 amide bonds. The quantitative estimate of drug-likeness (QED) is 0.356. The average Bonchev–Trinajstić information content (AvgIpc) is 3.46. The van der Waals surface area contributed by atoms with Crippen LogP contribution in [-0.4, -0.2) is 28.8 Å². The van der Waals surface area contributed by atoms with E-state index in [1.54, 1.807) is 24.3 Å². The van der Waals surface area contributed by atoms with Crippen molar-refractivity contribution in [1.29, 1.82) is 0 Å². The number of furan rings is 1. The predicted octanol–water partition coefficient (Wildman–Crippen LogP) is 5.84. The lowest BCUT2D eigenvalue weighted by Gasteiger charge is -2.10. The Labute approximate surface area is 195 Å². The van der Waals surface area contributed by atoms with Gasteiger partial charge < -0.3 is 9.15 Å². The van der Waals surface area contributed by atoms with Crippen LogP contribution < -0.4 is 5.32 Å². The van der Waals surface area contributed by atoms with Gasteiger partial charge >= 0.3 is 12.1 Å². The van der Waals surface area contributed by atoms with Crippen LogP contribution in [0, 0.1) is 0 Å². The van der Waals surface area contributed by atoms with E-state index >= 15 is 0 Å². The Bertz CT molecular complexity index is 1360. The van der Waals surface area contributed by atoms with Gasteiger partial charge in [-0.3, -0.25) is 10.1 Å². The highest BCUT2D eigenvalue weighted by Crippen LogP contribution is 2.34. The minimum atomic E-state index is -4.66. The van der Waals surface area contributed by atoms with Crippen LogP contribution in [0.2, 0.25) is 5.02 Å². The monoisotopic (exact) mass is 489 g/mol. The molecule has 0 aliphatic heterocycles. The molecule has 0 bridgehead atoms. The van der Waals surface area contributed by atoms with Crippen molar-refractivity contribution in [2.75, 3.05) is 12.4 Å². The van der Waals surface area contributed by atoms with Crippen LogP contribution in [0.1, 0.15) is 26.6 Å². The maximum absolute atomic E-state index is 13.4. The Morgan fingerprint density at radius 3 is 2.41 bits per heavy atom. The summed E-state index contributed by atoms with van der Waals surface area (Å²) in [6, 6.07) is 15.9. The van der Waals surface area contributed by atoms with Crippen molar-refractivity contribution in [1.82, 2.24) is 9.78 Å². The molecule has 0 spiro atoms. The Kier molecular flexibility index (Phi) is 6.16. The molecule has 2 aromatic heterocycles. The average molecular weight is 490 g/mol. The molecule has 0 fully saturated rings. The molecule has 1 N–H and O–H groups in total. The number of ether oxygens (including phenoxy) is 1. The molecule has 0 unspecified atom stereocenters. The third-order valence-corrected chi connectivity index (χ3v) is 5.07. The lowest BCUT2D eigenvalue weighted by Crippen LogP contribution is -2.11. The second-order valence-electron chi connectivity index (χ2n) is 6.96. The zero-order valence-corrected chi connectivity index (χ0v) is 18.1. The largest absolute Gasteiger partial charge is 0.463 e. The van der Waals surface area contributed by atoms with Crippen LogP contribution in [-0.2, 0) is 10.9 Å². The molecular formula is C23H15ClF3N3O4. The Morgan fingerprint density at radius 1 is 1.06 bits per heavy atom. The van der Waals surface area contributed by atoms with Gasteiger partial charge in [0.2, 0.25) is 11.6 Å². The van der Waals surface area contributed by atoms with Crippen LogP contribution >= 0.6 is 11.6 Å². The molecule has 0 atom stereocenters. The summed E-state index contributed by atoms with van der Waals surface area (Å²) >= 11 is 6.18. The van der Waals surface area contributed by atoms with E-state index in [9.17, 15) is 22.8 Å². The number of nitrogens with zero attached hydrogens (tertiary/aromatic N) is 2. The second kappa shape index (κ2) is 9.06. The van der Waals surface area contributed by atoms with Crippen molar-refractivity contribution in [3.05, 3.63) is 88.8 Å². The topological polar surface area (TPSA) is 86.4 Å². The van der Waals surface area contributed by atoms with Crippen LogP contribution in [0.25, 0.3) is 16.9 Å². The smallest absolute Gasteiger partial charge is 0.435 e. The van der Waals surface area contributed by atoms with Gasteiger partial charge in [-0.15, -0.1) is 0 Å². The third-order valence-electron chi connectivity index (χ3n) is 4.75. The number of rotatable bonds is 5. The predicted molar refractivity (Wildman–Crippen MR) is 117 cm³/mol. The van der Waals surface area contributed by atoms with Crippen molar-refractivity contribution in [3.8, 4) is 16.9 Å². The van der Waals surface area contributed by atoms with Gasteiger partial charge in [0.15, 0.2) is 5.69 Å². The normalized spacial score (nSPS) is 11.3. The Morgan fingerprint density at radius 2 is 1.76 bits per heavy atom. The number of anilines is 1. The van der Waals surface area contributed by atoms with Crippen molar-refractivity contribution < 1.29 is 31.9 Å². The van der Waals surface area contributed by atoms with Crippen molar-refractivity contribution in [2.45, 2.75) is 6.18 Å². The van der Waals surface area contributed by atoms with Crippen LogP contribution in [0.4, 0.5) is 19.1 Å². The number of halogens is 4. The number of methoxy groups -OCH3 is 1. The maximum atomic E-state index is 13.4. The first-order valence-corrected chi connectivity index (χ1v) is 10.1. The molecular weight excluding hydrogens is 475 g/mol. The van der Waals surface area contributed by atoms with E-state index in [1.807, 2.05) is 0 Å². The van der Waals surface area contributed by atoms with Gasteiger partial charge in [0.1, 0.15) is 0 Å². The van der Waals surface area contributed by atoms with Gasteiger partial charge in [0.25, 0.3) is 5.91 Å². The summed E-state index contributed by atoms with van der Waals surface area (Å²) in [7, 11) is 1.19. The van der Waals surface area contributed by atoms with Crippen molar-refractivity contribution >= 4 is 29.4 Å². The van der Waals surface area contributed by atoms with Gasteiger partial charge in [0, 0.05) is 17.2 Å². The van der Waals surface area contributed by atoms with Crippen LogP contribution in [0.5, 0.6) is 0 Å². The molecule has 2 heterocycles. The summed E-state index contributed by atoms with van der Waals surface area (Å²) in [6.45, 7) is 0. The molecule has 0 radical (unpaired) electrons. The van der Waals surface area contributed by atoms with E-state index in [0.717, 1.165) is 10.7 Å². The molecule has 4 aromatic rings. The number of hydrogen-bond acceptors (Lipinski definition) is 5. The highest BCUT2D eigenvalue weighted by molar-refractivity contribution is 6.32. The third kappa shape index (κ3) is 4.67. The number of amides is 1. The number of hydrogen-bond donors (Lipinski definition) is 1. The van der Waals surface area contributed by atoms with E-state index in [4.69, 9.17) is 16.0 Å². The first-order valence-electron chi connectivity index (χ1n) is 9.69. The fourth-order valence-electron chi connectivity index (χ4n) is 3.12. The summed E-state index contributed by atoms with van der Waals surface area (Å²) in [4.78, 5) is 24.0. The number of benzene rings is 2. The summed E-state index contributed by atoms with van der Waals surface area (Å²) < 4.78 is 50.9. The first-order chi connectivity index (χ1) is 16.2. The zero-order valence-electron chi connectivity index (χ0n) is 17.4. The molecule has 4 rings (SSSR count). The van der Waals surface area contributed by atoms with Gasteiger partial charge in [-0.25, -0.2) is 9.48 Å². The maximum Gasteiger partial charge on any atom is 0.435 e. The molecule has 174 valence electrons.